The van der Waals surface area contributed by atoms with Crippen molar-refractivity contribution < 1.29 is 12.6 Å². The molecule has 0 fully saturated rings. The number of aromatic amines is 1. The fourth-order valence-corrected chi connectivity index (χ4v) is 1.69. The summed E-state index contributed by atoms with van der Waals surface area (Å²) < 4.78 is 27.0. The predicted molar refractivity (Wildman–Crippen MR) is 42.0 cm³/mol. The van der Waals surface area contributed by atoms with Crippen LogP contribution in [0.15, 0.2) is 17.6 Å². The van der Waals surface area contributed by atoms with Gasteiger partial charge in [0.05, 0.1) is 6.10 Å². The van der Waals surface area contributed by atoms with Crippen molar-refractivity contribution in [3.05, 3.63) is 12.4 Å². The molecule has 0 saturated carbocycles. The summed E-state index contributed by atoms with van der Waals surface area (Å²) in [6, 6.07) is 0. The largest absolute Gasteiger partial charge is 0.334 e. The zero-order valence-electron chi connectivity index (χ0n) is 6.81. The molecule has 1 aromatic rings. The average Bonchev–Trinajstić information content (AvgIpc) is 2.32. The van der Waals surface area contributed by atoms with Crippen molar-refractivity contribution in [1.29, 1.82) is 0 Å². The van der Waals surface area contributed by atoms with E-state index in [0.29, 0.717) is 0 Å². The van der Waals surface area contributed by atoms with Gasteiger partial charge in [0.2, 0.25) is 0 Å². The first-order chi connectivity index (χ1) is 5.52. The van der Waals surface area contributed by atoms with Crippen LogP contribution in [0.2, 0.25) is 0 Å². The normalized spacial score (nSPS) is 12.2. The van der Waals surface area contributed by atoms with Gasteiger partial charge in [0.1, 0.15) is 0 Å². The van der Waals surface area contributed by atoms with Crippen molar-refractivity contribution in [2.45, 2.75) is 25.1 Å². The second kappa shape index (κ2) is 3.24. The standard InChI is InChI=1S/C6H10N2O3S/c1-5(2)11-12(9,10)6-7-3-4-8-6/h3-5H,1-2H3,(H,7,8). The molecular weight excluding hydrogens is 180 g/mol. The van der Waals surface area contributed by atoms with E-state index in [-0.39, 0.29) is 11.3 Å². The first kappa shape index (κ1) is 9.21. The Morgan fingerprint density at radius 3 is 2.67 bits per heavy atom. The first-order valence-electron chi connectivity index (χ1n) is 3.45. The Kier molecular flexibility index (Phi) is 2.49. The highest BCUT2D eigenvalue weighted by Crippen LogP contribution is 2.07. The zero-order chi connectivity index (χ0) is 9.19. The molecule has 0 atom stereocenters. The number of aromatic nitrogens is 2. The number of H-pyrrole nitrogens is 1. The molecule has 6 heteroatoms. The van der Waals surface area contributed by atoms with E-state index in [9.17, 15) is 8.42 Å². The van der Waals surface area contributed by atoms with E-state index in [0.717, 1.165) is 0 Å². The van der Waals surface area contributed by atoms with E-state index >= 15 is 0 Å². The summed E-state index contributed by atoms with van der Waals surface area (Å²) in [5.74, 6) is 0. The molecule has 0 radical (unpaired) electrons. The van der Waals surface area contributed by atoms with Crippen molar-refractivity contribution in [2.75, 3.05) is 0 Å². The van der Waals surface area contributed by atoms with E-state index in [1.54, 1.807) is 13.8 Å². The lowest BCUT2D eigenvalue weighted by Gasteiger charge is -2.04. The number of imidazole rings is 1. The maximum atomic E-state index is 11.2. The highest BCUT2D eigenvalue weighted by atomic mass is 32.2. The summed E-state index contributed by atoms with van der Waals surface area (Å²) in [6.45, 7) is 3.28. The van der Waals surface area contributed by atoms with Crippen molar-refractivity contribution in [1.82, 2.24) is 9.97 Å². The maximum Gasteiger partial charge on any atom is 0.331 e. The van der Waals surface area contributed by atoms with Crippen LogP contribution in [0.25, 0.3) is 0 Å². The minimum atomic E-state index is -3.68. The molecule has 68 valence electrons. The Bertz CT molecular complexity index is 328. The first-order valence-corrected chi connectivity index (χ1v) is 4.86. The molecule has 0 aliphatic heterocycles. The van der Waals surface area contributed by atoms with Gasteiger partial charge < -0.3 is 4.98 Å². The Balaban J connectivity index is 2.88. The fourth-order valence-electron chi connectivity index (χ4n) is 0.686. The Labute approximate surface area is 70.9 Å². The molecule has 1 aromatic heterocycles. The van der Waals surface area contributed by atoms with Gasteiger partial charge in [-0.15, -0.1) is 0 Å². The second-order valence-corrected chi connectivity index (χ2v) is 3.98. The van der Waals surface area contributed by atoms with Crippen LogP contribution < -0.4 is 0 Å². The Morgan fingerprint density at radius 1 is 1.58 bits per heavy atom. The van der Waals surface area contributed by atoms with Gasteiger partial charge in [0, 0.05) is 12.4 Å². The molecule has 1 heterocycles. The quantitative estimate of drug-likeness (QED) is 0.705. The topological polar surface area (TPSA) is 72.1 Å². The van der Waals surface area contributed by atoms with Crippen molar-refractivity contribution in [3.8, 4) is 0 Å². The molecule has 0 aliphatic carbocycles. The molecule has 1 N–H and O–H groups in total. The Hall–Kier alpha value is -0.880. The number of nitrogens with one attached hydrogen (secondary N) is 1. The van der Waals surface area contributed by atoms with Crippen LogP contribution in [-0.2, 0) is 14.3 Å². The number of hydrogen-bond donors (Lipinski definition) is 1. The summed E-state index contributed by atoms with van der Waals surface area (Å²) in [4.78, 5) is 6.03. The number of nitrogens with zero attached hydrogens (tertiary/aromatic N) is 1. The summed E-state index contributed by atoms with van der Waals surface area (Å²) >= 11 is 0. The van der Waals surface area contributed by atoms with Gasteiger partial charge in [-0.1, -0.05) is 0 Å². The van der Waals surface area contributed by atoms with E-state index in [2.05, 4.69) is 14.2 Å². The van der Waals surface area contributed by atoms with Gasteiger partial charge in [-0.2, -0.15) is 8.42 Å². The fraction of sp³-hybridized carbons (Fsp3) is 0.500. The van der Waals surface area contributed by atoms with E-state index in [4.69, 9.17) is 0 Å². The molecule has 12 heavy (non-hydrogen) atoms. The lowest BCUT2D eigenvalue weighted by atomic mass is 10.5. The summed E-state index contributed by atoms with van der Waals surface area (Å²) in [5.41, 5.74) is 0. The van der Waals surface area contributed by atoms with E-state index in [1.807, 2.05) is 0 Å². The SMILES string of the molecule is CC(C)OS(=O)(=O)c1ncc[nH]1. The zero-order valence-corrected chi connectivity index (χ0v) is 7.63. The predicted octanol–water partition coefficient (Wildman–Crippen LogP) is 0.523. The summed E-state index contributed by atoms with van der Waals surface area (Å²) in [5, 5.41) is -0.156. The molecular formula is C6H10N2O3S. The molecule has 0 bridgehead atoms. The Morgan fingerprint density at radius 2 is 2.25 bits per heavy atom. The van der Waals surface area contributed by atoms with Crippen LogP contribution >= 0.6 is 0 Å². The van der Waals surface area contributed by atoms with Gasteiger partial charge in [-0.25, -0.2) is 4.98 Å². The molecule has 0 aromatic carbocycles. The number of rotatable bonds is 3. The molecule has 5 nitrogen and oxygen atoms in total. The van der Waals surface area contributed by atoms with E-state index in [1.165, 1.54) is 12.4 Å². The highest BCUT2D eigenvalue weighted by Gasteiger charge is 2.18. The van der Waals surface area contributed by atoms with Crippen LogP contribution in [0.4, 0.5) is 0 Å². The van der Waals surface area contributed by atoms with Crippen LogP contribution in [0.1, 0.15) is 13.8 Å². The lowest BCUT2D eigenvalue weighted by Crippen LogP contribution is -2.13. The van der Waals surface area contributed by atoms with Crippen LogP contribution in [0.3, 0.4) is 0 Å². The van der Waals surface area contributed by atoms with Crippen molar-refractivity contribution >= 4 is 10.1 Å². The smallest absolute Gasteiger partial charge is 0.331 e. The molecule has 0 unspecified atom stereocenters. The average molecular weight is 190 g/mol. The monoisotopic (exact) mass is 190 g/mol. The molecule has 1 rings (SSSR count). The maximum absolute atomic E-state index is 11.2. The second-order valence-electron chi connectivity index (χ2n) is 2.49. The lowest BCUT2D eigenvalue weighted by molar-refractivity contribution is 0.246. The third kappa shape index (κ3) is 2.05. The van der Waals surface area contributed by atoms with Crippen LogP contribution in [-0.4, -0.2) is 24.5 Å². The minimum Gasteiger partial charge on any atom is -0.334 e. The van der Waals surface area contributed by atoms with Crippen LogP contribution in [0, 0.1) is 0 Å². The third-order valence-corrected chi connectivity index (χ3v) is 2.36. The third-order valence-electron chi connectivity index (χ3n) is 1.03. The minimum absolute atomic E-state index is 0.156. The molecule has 0 spiro atoms. The number of hydrogen-bond acceptors (Lipinski definition) is 4. The summed E-state index contributed by atoms with van der Waals surface area (Å²) in [7, 11) is -3.68. The van der Waals surface area contributed by atoms with E-state index < -0.39 is 10.1 Å². The molecule has 0 saturated heterocycles. The molecule has 0 amide bonds. The van der Waals surface area contributed by atoms with Gasteiger partial charge in [-0.05, 0) is 13.8 Å². The summed E-state index contributed by atoms with van der Waals surface area (Å²) in [6.07, 6.45) is 2.41. The van der Waals surface area contributed by atoms with Gasteiger partial charge in [-0.3, -0.25) is 4.18 Å². The van der Waals surface area contributed by atoms with Crippen molar-refractivity contribution in [2.24, 2.45) is 0 Å². The van der Waals surface area contributed by atoms with Crippen LogP contribution in [0.5, 0.6) is 0 Å². The highest BCUT2D eigenvalue weighted by molar-refractivity contribution is 7.86. The molecule has 0 aliphatic rings. The van der Waals surface area contributed by atoms with Gasteiger partial charge >= 0.3 is 10.1 Å². The van der Waals surface area contributed by atoms with Gasteiger partial charge in [0.15, 0.2) is 0 Å². The van der Waals surface area contributed by atoms with Crippen molar-refractivity contribution in [3.63, 3.8) is 0 Å². The van der Waals surface area contributed by atoms with Gasteiger partial charge in [0.25, 0.3) is 5.16 Å².